The SMILES string of the molecule is CC12CCC3(C[C@@H]1CCC1C2C(=O)CC2(C)C1CCC21OCCO1)OCCO3. The van der Waals surface area contributed by atoms with Crippen LogP contribution in [0.3, 0.4) is 0 Å². The molecule has 5 unspecified atom stereocenters. The molecule has 2 aliphatic heterocycles. The van der Waals surface area contributed by atoms with Crippen LogP contribution in [-0.4, -0.2) is 43.8 Å². The average molecular weight is 391 g/mol. The van der Waals surface area contributed by atoms with Gasteiger partial charge in [0.15, 0.2) is 11.6 Å². The van der Waals surface area contributed by atoms with Crippen molar-refractivity contribution >= 4 is 5.78 Å². The minimum Gasteiger partial charge on any atom is -0.348 e. The maximum absolute atomic E-state index is 13.7. The van der Waals surface area contributed by atoms with Crippen LogP contribution >= 0.6 is 0 Å². The van der Waals surface area contributed by atoms with E-state index in [2.05, 4.69) is 13.8 Å². The Morgan fingerprint density at radius 1 is 0.857 bits per heavy atom. The molecule has 4 aliphatic carbocycles. The molecule has 2 heterocycles. The monoisotopic (exact) mass is 390 g/mol. The molecule has 2 spiro atoms. The van der Waals surface area contributed by atoms with Gasteiger partial charge in [-0.05, 0) is 48.9 Å². The van der Waals surface area contributed by atoms with Crippen molar-refractivity contribution in [3.8, 4) is 0 Å². The lowest BCUT2D eigenvalue weighted by atomic mass is 9.44. The van der Waals surface area contributed by atoms with Gasteiger partial charge in [-0.3, -0.25) is 4.79 Å². The summed E-state index contributed by atoms with van der Waals surface area (Å²) in [5, 5.41) is 0. The predicted molar refractivity (Wildman–Crippen MR) is 101 cm³/mol. The highest BCUT2D eigenvalue weighted by atomic mass is 16.7. The molecule has 4 saturated carbocycles. The fraction of sp³-hybridized carbons (Fsp3) is 0.957. The smallest absolute Gasteiger partial charge is 0.174 e. The Bertz CT molecular complexity index is 678. The van der Waals surface area contributed by atoms with Crippen molar-refractivity contribution in [2.24, 2.45) is 34.5 Å². The fourth-order valence-electron chi connectivity index (χ4n) is 8.65. The number of carbonyl (C=O) groups is 1. The fourth-order valence-corrected chi connectivity index (χ4v) is 8.65. The zero-order chi connectivity index (χ0) is 19.2. The Balaban J connectivity index is 1.32. The molecule has 2 saturated heterocycles. The summed E-state index contributed by atoms with van der Waals surface area (Å²) in [6, 6.07) is 0. The van der Waals surface area contributed by atoms with E-state index < -0.39 is 5.79 Å². The second kappa shape index (κ2) is 5.81. The van der Waals surface area contributed by atoms with E-state index in [4.69, 9.17) is 18.9 Å². The number of rotatable bonds is 0. The van der Waals surface area contributed by atoms with E-state index in [9.17, 15) is 4.79 Å². The molecule has 28 heavy (non-hydrogen) atoms. The van der Waals surface area contributed by atoms with Crippen LogP contribution in [0.4, 0.5) is 0 Å². The molecule has 0 aromatic rings. The summed E-state index contributed by atoms with van der Waals surface area (Å²) in [6.07, 6.45) is 8.03. The summed E-state index contributed by atoms with van der Waals surface area (Å²) >= 11 is 0. The van der Waals surface area contributed by atoms with E-state index >= 15 is 0 Å². The second-order valence-electron chi connectivity index (χ2n) is 10.9. The number of ketones is 1. The van der Waals surface area contributed by atoms with Crippen LogP contribution in [0.1, 0.15) is 65.2 Å². The zero-order valence-corrected chi connectivity index (χ0v) is 17.3. The van der Waals surface area contributed by atoms with E-state index in [1.807, 2.05) is 0 Å². The van der Waals surface area contributed by atoms with E-state index in [1.54, 1.807) is 0 Å². The van der Waals surface area contributed by atoms with Gasteiger partial charge in [0, 0.05) is 37.0 Å². The largest absolute Gasteiger partial charge is 0.348 e. The second-order valence-corrected chi connectivity index (χ2v) is 10.9. The Morgan fingerprint density at radius 2 is 1.57 bits per heavy atom. The minimum atomic E-state index is -0.502. The molecule has 6 fully saturated rings. The number of hydrogen-bond donors (Lipinski definition) is 0. The van der Waals surface area contributed by atoms with Crippen LogP contribution in [0.25, 0.3) is 0 Å². The molecule has 0 bridgehead atoms. The Labute approximate surface area is 167 Å². The lowest BCUT2D eigenvalue weighted by Gasteiger charge is -2.61. The molecule has 6 atom stereocenters. The van der Waals surface area contributed by atoms with Gasteiger partial charge in [0.25, 0.3) is 0 Å². The van der Waals surface area contributed by atoms with Crippen LogP contribution in [-0.2, 0) is 23.7 Å². The first kappa shape index (κ1) is 18.3. The van der Waals surface area contributed by atoms with Gasteiger partial charge in [0.2, 0.25) is 0 Å². The van der Waals surface area contributed by atoms with Crippen molar-refractivity contribution in [2.45, 2.75) is 76.8 Å². The molecule has 6 aliphatic rings. The van der Waals surface area contributed by atoms with Crippen molar-refractivity contribution in [1.82, 2.24) is 0 Å². The molecule has 0 N–H and O–H groups in total. The highest BCUT2D eigenvalue weighted by Crippen LogP contribution is 2.69. The summed E-state index contributed by atoms with van der Waals surface area (Å²) in [5.41, 5.74) is -0.0620. The summed E-state index contributed by atoms with van der Waals surface area (Å²) in [7, 11) is 0. The van der Waals surface area contributed by atoms with Crippen molar-refractivity contribution < 1.29 is 23.7 Å². The quantitative estimate of drug-likeness (QED) is 0.631. The first-order chi connectivity index (χ1) is 13.4. The van der Waals surface area contributed by atoms with Gasteiger partial charge in [-0.2, -0.15) is 0 Å². The Kier molecular flexibility index (Phi) is 3.79. The molecule has 6 rings (SSSR count). The van der Waals surface area contributed by atoms with Crippen LogP contribution in [0.15, 0.2) is 0 Å². The van der Waals surface area contributed by atoms with E-state index in [-0.39, 0.29) is 22.5 Å². The normalized spacial score (nSPS) is 51.3. The zero-order valence-electron chi connectivity index (χ0n) is 17.3. The molecular formula is C23H34O5. The lowest BCUT2D eigenvalue weighted by Crippen LogP contribution is -2.61. The molecule has 0 aromatic heterocycles. The number of ether oxygens (including phenoxy) is 4. The van der Waals surface area contributed by atoms with Crippen molar-refractivity contribution in [2.75, 3.05) is 26.4 Å². The maximum atomic E-state index is 13.7. The van der Waals surface area contributed by atoms with Crippen molar-refractivity contribution in [3.05, 3.63) is 0 Å². The van der Waals surface area contributed by atoms with E-state index in [0.717, 1.165) is 51.7 Å². The highest BCUT2D eigenvalue weighted by molar-refractivity contribution is 5.84. The molecule has 0 aromatic carbocycles. The third-order valence-electron chi connectivity index (χ3n) is 9.97. The Hall–Kier alpha value is -0.490. The van der Waals surface area contributed by atoms with Crippen LogP contribution in [0.5, 0.6) is 0 Å². The van der Waals surface area contributed by atoms with E-state index in [1.165, 1.54) is 6.42 Å². The topological polar surface area (TPSA) is 54.0 Å². The molecule has 0 amide bonds. The number of carbonyl (C=O) groups excluding carboxylic acids is 1. The molecule has 156 valence electrons. The molecular weight excluding hydrogens is 356 g/mol. The van der Waals surface area contributed by atoms with Gasteiger partial charge >= 0.3 is 0 Å². The Morgan fingerprint density at radius 3 is 2.32 bits per heavy atom. The summed E-state index contributed by atoms with van der Waals surface area (Å²) in [6.45, 7) is 7.48. The van der Waals surface area contributed by atoms with Gasteiger partial charge in [-0.1, -0.05) is 13.8 Å². The summed E-state index contributed by atoms with van der Waals surface area (Å²) in [4.78, 5) is 13.7. The van der Waals surface area contributed by atoms with E-state index in [0.29, 0.717) is 43.2 Å². The number of fused-ring (bicyclic) bond motifs is 6. The lowest BCUT2D eigenvalue weighted by molar-refractivity contribution is -0.251. The van der Waals surface area contributed by atoms with Crippen LogP contribution in [0, 0.1) is 34.5 Å². The maximum Gasteiger partial charge on any atom is 0.174 e. The molecule has 0 radical (unpaired) electrons. The number of Topliss-reactive ketones (excluding diaryl/α,β-unsaturated/α-hetero) is 1. The van der Waals surface area contributed by atoms with Crippen molar-refractivity contribution in [3.63, 3.8) is 0 Å². The van der Waals surface area contributed by atoms with Crippen LogP contribution in [0.2, 0.25) is 0 Å². The van der Waals surface area contributed by atoms with Gasteiger partial charge in [0.1, 0.15) is 5.78 Å². The third-order valence-corrected chi connectivity index (χ3v) is 9.97. The highest BCUT2D eigenvalue weighted by Gasteiger charge is 2.70. The van der Waals surface area contributed by atoms with Gasteiger partial charge in [0.05, 0.1) is 26.4 Å². The standard InChI is InChI=1S/C23H34O5/c1-20-7-8-22(25-9-10-26-22)13-15(20)3-4-16-17-5-6-23(27-11-12-28-23)21(17,2)14-18(24)19(16)20/h15-17,19H,3-14H2,1-2H3/t15-,16?,17?,19?,20?,21?/m0/s1. The first-order valence-electron chi connectivity index (χ1n) is 11.5. The minimum absolute atomic E-state index is 0.0923. The van der Waals surface area contributed by atoms with Gasteiger partial charge < -0.3 is 18.9 Å². The third kappa shape index (κ3) is 2.15. The summed E-state index contributed by atoms with van der Waals surface area (Å²) < 4.78 is 24.5. The summed E-state index contributed by atoms with van der Waals surface area (Å²) in [5.74, 6) is 1.37. The average Bonchev–Trinajstić information content (AvgIpc) is 3.38. The van der Waals surface area contributed by atoms with Crippen LogP contribution < -0.4 is 0 Å². The molecule has 5 nitrogen and oxygen atoms in total. The van der Waals surface area contributed by atoms with Crippen molar-refractivity contribution in [1.29, 1.82) is 0 Å². The predicted octanol–water partition coefficient (Wildman–Crippen LogP) is 3.69. The first-order valence-corrected chi connectivity index (χ1v) is 11.5. The number of hydrogen-bond acceptors (Lipinski definition) is 5. The van der Waals surface area contributed by atoms with Gasteiger partial charge in [-0.25, -0.2) is 0 Å². The molecule has 5 heteroatoms. The van der Waals surface area contributed by atoms with Gasteiger partial charge in [-0.15, -0.1) is 0 Å².